The summed E-state index contributed by atoms with van der Waals surface area (Å²) in [5, 5.41) is 2.96. The molecule has 4 nitrogen and oxygen atoms in total. The maximum atomic E-state index is 12.2. The molecular formula is C17H16BrNO3. The molecule has 1 heterocycles. The van der Waals surface area contributed by atoms with Crippen molar-refractivity contribution in [3.05, 3.63) is 58.6 Å². The fourth-order valence-electron chi connectivity index (χ4n) is 2.27. The van der Waals surface area contributed by atoms with Gasteiger partial charge in [0.25, 0.3) is 5.91 Å². The van der Waals surface area contributed by atoms with Crippen LogP contribution in [0, 0.1) is 0 Å². The number of carbonyl (C=O) groups excluding carboxylic acids is 1. The van der Waals surface area contributed by atoms with Crippen molar-refractivity contribution < 1.29 is 14.3 Å². The molecule has 1 amide bonds. The largest absolute Gasteiger partial charge is 0.486 e. The fourth-order valence-corrected chi connectivity index (χ4v) is 2.53. The lowest BCUT2D eigenvalue weighted by molar-refractivity contribution is 0.0606. The number of carbonyl (C=O) groups is 1. The monoisotopic (exact) mass is 361 g/mol. The number of amides is 1. The Balaban J connectivity index is 1.64. The number of hydrogen-bond acceptors (Lipinski definition) is 3. The predicted octanol–water partition coefficient (Wildman–Crippen LogP) is 3.41. The average Bonchev–Trinajstić information content (AvgIpc) is 2.55. The highest BCUT2D eigenvalue weighted by atomic mass is 79.9. The van der Waals surface area contributed by atoms with Crippen LogP contribution in [0.3, 0.4) is 0 Å². The minimum absolute atomic E-state index is 0.123. The molecule has 0 radical (unpaired) electrons. The zero-order valence-electron chi connectivity index (χ0n) is 12.1. The Bertz CT molecular complexity index is 672. The highest BCUT2D eigenvalue weighted by molar-refractivity contribution is 9.10. The zero-order chi connectivity index (χ0) is 15.5. The molecule has 3 rings (SSSR count). The third kappa shape index (κ3) is 3.25. The number of fused-ring (bicyclic) bond motifs is 1. The summed E-state index contributed by atoms with van der Waals surface area (Å²) < 4.78 is 12.5. The first-order chi connectivity index (χ1) is 10.6. The number of benzene rings is 2. The van der Waals surface area contributed by atoms with E-state index in [1.54, 1.807) is 12.1 Å². The molecule has 1 aliphatic rings. The third-order valence-corrected chi connectivity index (χ3v) is 4.08. The number of nitrogens with one attached hydrogen (secondary N) is 1. The van der Waals surface area contributed by atoms with E-state index in [4.69, 9.17) is 9.47 Å². The van der Waals surface area contributed by atoms with Crippen LogP contribution >= 0.6 is 15.9 Å². The van der Waals surface area contributed by atoms with E-state index in [0.29, 0.717) is 17.9 Å². The maximum absolute atomic E-state index is 12.2. The van der Waals surface area contributed by atoms with Crippen LogP contribution in [-0.4, -0.2) is 24.7 Å². The Morgan fingerprint density at radius 2 is 1.86 bits per heavy atom. The van der Waals surface area contributed by atoms with Crippen LogP contribution in [0.15, 0.2) is 53.0 Å². The van der Waals surface area contributed by atoms with Crippen molar-refractivity contribution >= 4 is 21.8 Å². The topological polar surface area (TPSA) is 47.6 Å². The van der Waals surface area contributed by atoms with Crippen molar-refractivity contribution in [1.29, 1.82) is 0 Å². The van der Waals surface area contributed by atoms with Gasteiger partial charge in [-0.15, -0.1) is 0 Å². The zero-order valence-corrected chi connectivity index (χ0v) is 13.7. The van der Waals surface area contributed by atoms with Gasteiger partial charge >= 0.3 is 0 Å². The fraction of sp³-hybridized carbons (Fsp3) is 0.235. The summed E-state index contributed by atoms with van der Waals surface area (Å²) in [6, 6.07) is 14.6. The van der Waals surface area contributed by atoms with Crippen molar-refractivity contribution in [2.75, 3.05) is 6.61 Å². The summed E-state index contributed by atoms with van der Waals surface area (Å²) in [5.74, 6) is 1.33. The maximum Gasteiger partial charge on any atom is 0.251 e. The number of para-hydroxylation sites is 2. The van der Waals surface area contributed by atoms with E-state index >= 15 is 0 Å². The summed E-state index contributed by atoms with van der Waals surface area (Å²) in [5.41, 5.74) is 0.618. The molecule has 2 aromatic carbocycles. The number of rotatable bonds is 3. The van der Waals surface area contributed by atoms with Crippen molar-refractivity contribution in [2.45, 2.75) is 19.1 Å². The molecule has 114 valence electrons. The first-order valence-electron chi connectivity index (χ1n) is 7.08. The molecule has 1 aliphatic heterocycles. The molecule has 0 aromatic heterocycles. The van der Waals surface area contributed by atoms with Crippen LogP contribution in [0.4, 0.5) is 0 Å². The molecule has 2 atom stereocenters. The lowest BCUT2D eigenvalue weighted by Gasteiger charge is -2.30. The minimum Gasteiger partial charge on any atom is -0.486 e. The second-order valence-corrected chi connectivity index (χ2v) is 6.10. The van der Waals surface area contributed by atoms with E-state index in [1.165, 1.54) is 0 Å². The summed E-state index contributed by atoms with van der Waals surface area (Å²) in [6.07, 6.45) is -0.214. The Morgan fingerprint density at radius 1 is 1.18 bits per heavy atom. The van der Waals surface area contributed by atoms with E-state index in [1.807, 2.05) is 43.3 Å². The summed E-state index contributed by atoms with van der Waals surface area (Å²) in [7, 11) is 0. The molecule has 0 fully saturated rings. The second-order valence-electron chi connectivity index (χ2n) is 5.18. The molecule has 1 N–H and O–H groups in total. The Labute approximate surface area is 137 Å². The lowest BCUT2D eigenvalue weighted by atomic mass is 10.1. The van der Waals surface area contributed by atoms with Gasteiger partial charge < -0.3 is 14.8 Å². The van der Waals surface area contributed by atoms with Gasteiger partial charge in [-0.05, 0) is 43.3 Å². The van der Waals surface area contributed by atoms with Crippen molar-refractivity contribution in [3.8, 4) is 11.5 Å². The summed E-state index contributed by atoms with van der Waals surface area (Å²) in [4.78, 5) is 12.2. The average molecular weight is 362 g/mol. The van der Waals surface area contributed by atoms with E-state index in [0.717, 1.165) is 10.2 Å². The number of hydrogen-bond donors (Lipinski definition) is 1. The van der Waals surface area contributed by atoms with Gasteiger partial charge in [0.1, 0.15) is 6.61 Å². The highest BCUT2D eigenvalue weighted by Crippen LogP contribution is 2.31. The van der Waals surface area contributed by atoms with E-state index in [9.17, 15) is 4.79 Å². The normalized spacial score (nSPS) is 17.6. The third-order valence-electron chi connectivity index (χ3n) is 3.55. The van der Waals surface area contributed by atoms with Gasteiger partial charge in [-0.1, -0.05) is 28.1 Å². The molecule has 22 heavy (non-hydrogen) atoms. The lowest BCUT2D eigenvalue weighted by Crippen LogP contribution is -2.48. The van der Waals surface area contributed by atoms with Gasteiger partial charge in [-0.2, -0.15) is 0 Å². The van der Waals surface area contributed by atoms with Crippen molar-refractivity contribution in [1.82, 2.24) is 5.32 Å². The molecule has 5 heteroatoms. The van der Waals surface area contributed by atoms with Crippen LogP contribution in [0.1, 0.15) is 17.3 Å². The van der Waals surface area contributed by atoms with Gasteiger partial charge in [0, 0.05) is 10.0 Å². The van der Waals surface area contributed by atoms with Crippen LogP contribution in [0.25, 0.3) is 0 Å². The second kappa shape index (κ2) is 6.40. The number of halogens is 1. The van der Waals surface area contributed by atoms with Crippen LogP contribution in [0.5, 0.6) is 11.5 Å². The molecule has 0 saturated carbocycles. The molecule has 2 aromatic rings. The first-order valence-corrected chi connectivity index (χ1v) is 7.88. The SMILES string of the molecule is CC(NC(=O)c1ccc(Br)cc1)C1COc2ccccc2O1. The predicted molar refractivity (Wildman–Crippen MR) is 87.4 cm³/mol. The summed E-state index contributed by atoms with van der Waals surface area (Å²) in [6.45, 7) is 2.33. The van der Waals surface area contributed by atoms with Crippen LogP contribution < -0.4 is 14.8 Å². The van der Waals surface area contributed by atoms with Gasteiger partial charge in [0.2, 0.25) is 0 Å². The van der Waals surface area contributed by atoms with Gasteiger partial charge in [-0.25, -0.2) is 0 Å². The van der Waals surface area contributed by atoms with Gasteiger partial charge in [-0.3, -0.25) is 4.79 Å². The van der Waals surface area contributed by atoms with Crippen molar-refractivity contribution in [2.24, 2.45) is 0 Å². The van der Waals surface area contributed by atoms with E-state index in [2.05, 4.69) is 21.2 Å². The Morgan fingerprint density at radius 3 is 2.59 bits per heavy atom. The molecule has 0 bridgehead atoms. The standard InChI is InChI=1S/C17H16BrNO3/c1-11(19-17(20)12-6-8-13(18)9-7-12)16-10-21-14-4-2-3-5-15(14)22-16/h2-9,11,16H,10H2,1H3,(H,19,20). The molecule has 0 spiro atoms. The molecule has 2 unspecified atom stereocenters. The van der Waals surface area contributed by atoms with E-state index in [-0.39, 0.29) is 18.1 Å². The smallest absolute Gasteiger partial charge is 0.251 e. The highest BCUT2D eigenvalue weighted by Gasteiger charge is 2.27. The molecular weight excluding hydrogens is 346 g/mol. The van der Waals surface area contributed by atoms with Gasteiger partial charge in [0.15, 0.2) is 17.6 Å². The van der Waals surface area contributed by atoms with Crippen molar-refractivity contribution in [3.63, 3.8) is 0 Å². The molecule has 0 saturated heterocycles. The van der Waals surface area contributed by atoms with E-state index < -0.39 is 0 Å². The quantitative estimate of drug-likeness (QED) is 0.911. The first kappa shape index (κ1) is 14.9. The van der Waals surface area contributed by atoms with Gasteiger partial charge in [0.05, 0.1) is 6.04 Å². The Kier molecular flexibility index (Phi) is 4.34. The van der Waals surface area contributed by atoms with Crippen LogP contribution in [0.2, 0.25) is 0 Å². The Hall–Kier alpha value is -2.01. The summed E-state index contributed by atoms with van der Waals surface area (Å²) >= 11 is 3.36. The molecule has 0 aliphatic carbocycles. The number of ether oxygens (including phenoxy) is 2. The minimum atomic E-state index is -0.214. The van der Waals surface area contributed by atoms with Crippen LogP contribution in [-0.2, 0) is 0 Å².